The molecule has 1 aromatic rings. The molecule has 1 amide bonds. The molecule has 0 aromatic heterocycles. The van der Waals surface area contributed by atoms with Gasteiger partial charge in [0.1, 0.15) is 17.7 Å². The fourth-order valence-electron chi connectivity index (χ4n) is 2.91. The van der Waals surface area contributed by atoms with Crippen LogP contribution in [0.5, 0.6) is 5.75 Å². The first-order valence-corrected chi connectivity index (χ1v) is 8.07. The number of amides is 1. The molecule has 2 aliphatic rings. The van der Waals surface area contributed by atoms with Crippen LogP contribution in [0.3, 0.4) is 0 Å². The zero-order valence-corrected chi connectivity index (χ0v) is 13.0. The SMILES string of the molecule is CN1CCC(Oc2cc(F)cc(NC(=O)C3CCC3)c2)CC1. The van der Waals surface area contributed by atoms with E-state index in [0.29, 0.717) is 11.4 Å². The topological polar surface area (TPSA) is 41.6 Å². The van der Waals surface area contributed by atoms with Gasteiger partial charge < -0.3 is 15.0 Å². The predicted octanol–water partition coefficient (Wildman–Crippen LogP) is 3.04. The summed E-state index contributed by atoms with van der Waals surface area (Å²) in [4.78, 5) is 14.2. The smallest absolute Gasteiger partial charge is 0.227 e. The summed E-state index contributed by atoms with van der Waals surface area (Å²) in [5, 5.41) is 2.80. The quantitative estimate of drug-likeness (QED) is 0.929. The summed E-state index contributed by atoms with van der Waals surface area (Å²) in [7, 11) is 2.09. The van der Waals surface area contributed by atoms with Crippen LogP contribution in [-0.2, 0) is 4.79 Å². The van der Waals surface area contributed by atoms with Crippen molar-refractivity contribution >= 4 is 11.6 Å². The number of hydrogen-bond donors (Lipinski definition) is 1. The summed E-state index contributed by atoms with van der Waals surface area (Å²) in [6.45, 7) is 1.98. The molecule has 0 bridgehead atoms. The van der Waals surface area contributed by atoms with Gasteiger partial charge >= 0.3 is 0 Å². The summed E-state index contributed by atoms with van der Waals surface area (Å²) in [6, 6.07) is 4.45. The normalized spacial score (nSPS) is 20.5. The molecule has 1 saturated heterocycles. The van der Waals surface area contributed by atoms with Gasteiger partial charge in [-0.2, -0.15) is 0 Å². The Morgan fingerprint density at radius 1 is 1.23 bits per heavy atom. The van der Waals surface area contributed by atoms with Crippen molar-refractivity contribution in [3.8, 4) is 5.75 Å². The van der Waals surface area contributed by atoms with Crippen LogP contribution in [0.4, 0.5) is 10.1 Å². The van der Waals surface area contributed by atoms with E-state index in [9.17, 15) is 9.18 Å². The molecule has 1 aromatic carbocycles. The van der Waals surface area contributed by atoms with Crippen LogP contribution in [0, 0.1) is 11.7 Å². The van der Waals surface area contributed by atoms with E-state index < -0.39 is 0 Å². The first-order chi connectivity index (χ1) is 10.6. The number of piperidine rings is 1. The number of carbonyl (C=O) groups excluding carboxylic acids is 1. The van der Waals surface area contributed by atoms with E-state index in [2.05, 4.69) is 17.3 Å². The van der Waals surface area contributed by atoms with E-state index >= 15 is 0 Å². The minimum Gasteiger partial charge on any atom is -0.490 e. The van der Waals surface area contributed by atoms with Crippen LogP contribution in [0.15, 0.2) is 18.2 Å². The number of hydrogen-bond acceptors (Lipinski definition) is 3. The standard InChI is InChI=1S/C17H23FN2O2/c1-20-7-5-15(6-8-20)22-16-10-13(18)9-14(11-16)19-17(21)12-3-2-4-12/h9-12,15H,2-8H2,1H3,(H,19,21). The van der Waals surface area contributed by atoms with Crippen molar-refractivity contribution in [1.29, 1.82) is 0 Å². The van der Waals surface area contributed by atoms with Gasteiger partial charge in [-0.3, -0.25) is 4.79 Å². The Bertz CT molecular complexity index is 537. The van der Waals surface area contributed by atoms with Gasteiger partial charge in [-0.1, -0.05) is 6.42 Å². The summed E-state index contributed by atoms with van der Waals surface area (Å²) >= 11 is 0. The summed E-state index contributed by atoms with van der Waals surface area (Å²) in [6.07, 6.45) is 4.97. The Morgan fingerprint density at radius 3 is 2.59 bits per heavy atom. The van der Waals surface area contributed by atoms with E-state index in [1.54, 1.807) is 6.07 Å². The molecular weight excluding hydrogens is 283 g/mol. The van der Waals surface area contributed by atoms with Gasteiger partial charge in [0, 0.05) is 36.8 Å². The number of halogens is 1. The Labute approximate surface area is 130 Å². The van der Waals surface area contributed by atoms with Crippen molar-refractivity contribution in [2.24, 2.45) is 5.92 Å². The Hall–Kier alpha value is -1.62. The van der Waals surface area contributed by atoms with Gasteiger partial charge in [0.15, 0.2) is 0 Å². The van der Waals surface area contributed by atoms with Gasteiger partial charge in [-0.15, -0.1) is 0 Å². The van der Waals surface area contributed by atoms with Crippen LogP contribution in [-0.4, -0.2) is 37.0 Å². The lowest BCUT2D eigenvalue weighted by atomic mass is 9.85. The van der Waals surface area contributed by atoms with Gasteiger partial charge in [0.2, 0.25) is 5.91 Å². The van der Waals surface area contributed by atoms with Crippen molar-refractivity contribution in [1.82, 2.24) is 4.90 Å². The van der Waals surface area contributed by atoms with E-state index in [0.717, 1.165) is 45.2 Å². The second-order valence-electron chi connectivity index (χ2n) is 6.41. The number of anilines is 1. The van der Waals surface area contributed by atoms with Crippen LogP contribution >= 0.6 is 0 Å². The Kier molecular flexibility index (Phi) is 4.62. The zero-order chi connectivity index (χ0) is 15.5. The molecular formula is C17H23FN2O2. The molecule has 2 fully saturated rings. The molecule has 1 heterocycles. The number of ether oxygens (including phenoxy) is 1. The Morgan fingerprint density at radius 2 is 1.95 bits per heavy atom. The van der Waals surface area contributed by atoms with Crippen LogP contribution < -0.4 is 10.1 Å². The maximum atomic E-state index is 13.8. The fraction of sp³-hybridized carbons (Fsp3) is 0.588. The minimum atomic E-state index is -0.380. The Balaban J connectivity index is 1.63. The molecule has 1 saturated carbocycles. The molecule has 1 aliphatic carbocycles. The number of benzene rings is 1. The van der Waals surface area contributed by atoms with Crippen molar-refractivity contribution in [2.75, 3.05) is 25.5 Å². The first-order valence-electron chi connectivity index (χ1n) is 8.07. The second kappa shape index (κ2) is 6.65. The third-order valence-corrected chi connectivity index (χ3v) is 4.58. The summed E-state index contributed by atoms with van der Waals surface area (Å²) in [5.41, 5.74) is 0.486. The molecule has 0 radical (unpaired) electrons. The second-order valence-corrected chi connectivity index (χ2v) is 6.41. The molecule has 1 aliphatic heterocycles. The third-order valence-electron chi connectivity index (χ3n) is 4.58. The highest BCUT2D eigenvalue weighted by molar-refractivity contribution is 5.93. The van der Waals surface area contributed by atoms with Crippen LogP contribution in [0.25, 0.3) is 0 Å². The van der Waals surface area contributed by atoms with E-state index in [1.807, 2.05) is 0 Å². The largest absolute Gasteiger partial charge is 0.490 e. The van der Waals surface area contributed by atoms with Gasteiger partial charge in [-0.05, 0) is 38.8 Å². The van der Waals surface area contributed by atoms with Gasteiger partial charge in [0.05, 0.1) is 0 Å². The number of nitrogens with zero attached hydrogens (tertiary/aromatic N) is 1. The molecule has 3 rings (SSSR count). The molecule has 4 nitrogen and oxygen atoms in total. The van der Waals surface area contributed by atoms with Crippen molar-refractivity contribution in [3.05, 3.63) is 24.0 Å². The summed E-state index contributed by atoms with van der Waals surface area (Å²) < 4.78 is 19.6. The maximum Gasteiger partial charge on any atom is 0.227 e. The maximum absolute atomic E-state index is 13.8. The lowest BCUT2D eigenvalue weighted by molar-refractivity contribution is -0.122. The van der Waals surface area contributed by atoms with Gasteiger partial charge in [0.25, 0.3) is 0 Å². The van der Waals surface area contributed by atoms with E-state index in [1.165, 1.54) is 12.1 Å². The van der Waals surface area contributed by atoms with Crippen LogP contribution in [0.2, 0.25) is 0 Å². The van der Waals surface area contributed by atoms with Crippen molar-refractivity contribution in [2.45, 2.75) is 38.2 Å². The predicted molar refractivity (Wildman–Crippen MR) is 83.5 cm³/mol. The minimum absolute atomic E-state index is 0.0120. The average Bonchev–Trinajstić information content (AvgIpc) is 2.38. The molecule has 0 spiro atoms. The molecule has 22 heavy (non-hydrogen) atoms. The molecule has 120 valence electrons. The lowest BCUT2D eigenvalue weighted by Crippen LogP contribution is -2.35. The average molecular weight is 306 g/mol. The highest BCUT2D eigenvalue weighted by Crippen LogP contribution is 2.29. The van der Waals surface area contributed by atoms with Crippen molar-refractivity contribution < 1.29 is 13.9 Å². The summed E-state index contributed by atoms with van der Waals surface area (Å²) in [5.74, 6) is 0.191. The molecule has 1 N–H and O–H groups in total. The van der Waals surface area contributed by atoms with Crippen molar-refractivity contribution in [3.63, 3.8) is 0 Å². The number of rotatable bonds is 4. The highest BCUT2D eigenvalue weighted by atomic mass is 19.1. The third kappa shape index (κ3) is 3.77. The number of nitrogens with one attached hydrogen (secondary N) is 1. The molecule has 5 heteroatoms. The monoisotopic (exact) mass is 306 g/mol. The van der Waals surface area contributed by atoms with E-state index in [-0.39, 0.29) is 23.7 Å². The lowest BCUT2D eigenvalue weighted by Gasteiger charge is -2.29. The number of carbonyl (C=O) groups is 1. The van der Waals surface area contributed by atoms with Gasteiger partial charge in [-0.25, -0.2) is 4.39 Å². The number of likely N-dealkylation sites (tertiary alicyclic amines) is 1. The fourth-order valence-corrected chi connectivity index (χ4v) is 2.91. The highest BCUT2D eigenvalue weighted by Gasteiger charge is 2.25. The molecule has 0 atom stereocenters. The van der Waals surface area contributed by atoms with E-state index in [4.69, 9.17) is 4.74 Å². The molecule has 0 unspecified atom stereocenters. The zero-order valence-electron chi connectivity index (χ0n) is 13.0. The first kappa shape index (κ1) is 15.3. The van der Waals surface area contributed by atoms with Crippen LogP contribution in [0.1, 0.15) is 32.1 Å².